The lowest BCUT2D eigenvalue weighted by Gasteiger charge is -2.18. The molecule has 0 atom stereocenters. The summed E-state index contributed by atoms with van der Waals surface area (Å²) in [4.78, 5) is 11.4. The number of nitrogens with zero attached hydrogens (tertiary/aromatic N) is 1. The molecule has 3 heteroatoms. The number of carbonyl (C=O) groups excluding carboxylic acids is 1. The van der Waals surface area contributed by atoms with E-state index in [1.54, 1.807) is 5.01 Å². The van der Waals surface area contributed by atoms with E-state index in [0.717, 1.165) is 18.7 Å². The van der Waals surface area contributed by atoms with Crippen molar-refractivity contribution in [3.8, 4) is 0 Å². The Hall–Kier alpha value is -1.51. The molecular formula is C13H18N2O. The average molecular weight is 218 g/mol. The van der Waals surface area contributed by atoms with E-state index >= 15 is 0 Å². The summed E-state index contributed by atoms with van der Waals surface area (Å²) >= 11 is 0. The van der Waals surface area contributed by atoms with E-state index in [4.69, 9.17) is 0 Å². The molecule has 0 spiro atoms. The van der Waals surface area contributed by atoms with Gasteiger partial charge in [-0.05, 0) is 30.0 Å². The highest BCUT2D eigenvalue weighted by molar-refractivity contribution is 5.79. The Morgan fingerprint density at radius 3 is 2.44 bits per heavy atom. The zero-order chi connectivity index (χ0) is 11.5. The third-order valence-electron chi connectivity index (χ3n) is 2.91. The largest absolute Gasteiger partial charge is 0.296 e. The zero-order valence-electron chi connectivity index (χ0n) is 9.86. The van der Waals surface area contributed by atoms with Crippen molar-refractivity contribution in [2.75, 3.05) is 12.0 Å². The summed E-state index contributed by atoms with van der Waals surface area (Å²) in [5, 5.41) is 1.70. The predicted octanol–water partition coefficient (Wildman–Crippen LogP) is 2.76. The third kappa shape index (κ3) is 2.35. The van der Waals surface area contributed by atoms with Crippen LogP contribution in [0, 0.1) is 0 Å². The second-order valence-corrected chi connectivity index (χ2v) is 4.54. The Bertz CT molecular complexity index is 370. The van der Waals surface area contributed by atoms with E-state index in [1.165, 1.54) is 5.56 Å². The number of hydrogen-bond acceptors (Lipinski definition) is 2. The Morgan fingerprint density at radius 1 is 1.25 bits per heavy atom. The quantitative estimate of drug-likeness (QED) is 0.846. The Balaban J connectivity index is 2.02. The molecule has 1 amide bonds. The summed E-state index contributed by atoms with van der Waals surface area (Å²) in [5.74, 6) is 0.732. The fraction of sp³-hybridized carbons (Fsp3) is 0.462. The highest BCUT2D eigenvalue weighted by Gasteiger charge is 2.19. The highest BCUT2D eigenvalue weighted by Crippen LogP contribution is 2.19. The minimum atomic E-state index is 0.188. The van der Waals surface area contributed by atoms with E-state index in [0.29, 0.717) is 12.3 Å². The molecule has 1 N–H and O–H groups in total. The molecule has 1 saturated heterocycles. The van der Waals surface area contributed by atoms with Crippen molar-refractivity contribution >= 4 is 11.6 Å². The van der Waals surface area contributed by atoms with Crippen LogP contribution in [0.15, 0.2) is 24.3 Å². The summed E-state index contributed by atoms with van der Waals surface area (Å²) in [6.45, 7) is 5.16. The van der Waals surface area contributed by atoms with E-state index in [1.807, 2.05) is 12.1 Å². The number of amides is 1. The van der Waals surface area contributed by atoms with Crippen LogP contribution in [0.4, 0.5) is 5.69 Å². The van der Waals surface area contributed by atoms with Crippen LogP contribution in [-0.4, -0.2) is 17.5 Å². The first-order chi connectivity index (χ1) is 7.66. The minimum Gasteiger partial charge on any atom is -0.296 e. The van der Waals surface area contributed by atoms with Gasteiger partial charge in [-0.2, -0.15) is 0 Å². The van der Waals surface area contributed by atoms with Crippen LogP contribution in [-0.2, 0) is 4.79 Å². The normalized spacial score (nSPS) is 15.9. The molecule has 0 saturated carbocycles. The van der Waals surface area contributed by atoms with Crippen LogP contribution < -0.4 is 5.43 Å². The number of nitrogens with one attached hydrogen (secondary N) is 1. The molecule has 16 heavy (non-hydrogen) atoms. The van der Waals surface area contributed by atoms with Gasteiger partial charge in [0, 0.05) is 13.0 Å². The number of rotatable bonds is 3. The van der Waals surface area contributed by atoms with Crippen LogP contribution in [0.1, 0.15) is 38.2 Å². The number of benzene rings is 1. The molecule has 1 aliphatic rings. The van der Waals surface area contributed by atoms with E-state index in [9.17, 15) is 4.79 Å². The maximum atomic E-state index is 11.4. The van der Waals surface area contributed by atoms with Gasteiger partial charge in [-0.15, -0.1) is 0 Å². The topological polar surface area (TPSA) is 32.3 Å². The molecule has 3 nitrogen and oxygen atoms in total. The van der Waals surface area contributed by atoms with Gasteiger partial charge in [0.1, 0.15) is 0 Å². The van der Waals surface area contributed by atoms with Gasteiger partial charge in [0.25, 0.3) is 0 Å². The highest BCUT2D eigenvalue weighted by atomic mass is 16.2. The fourth-order valence-corrected chi connectivity index (χ4v) is 1.86. The molecular weight excluding hydrogens is 200 g/mol. The molecule has 1 aromatic rings. The smallest absolute Gasteiger partial charge is 0.240 e. The van der Waals surface area contributed by atoms with E-state index < -0.39 is 0 Å². The monoisotopic (exact) mass is 218 g/mol. The summed E-state index contributed by atoms with van der Waals surface area (Å²) in [6.07, 6.45) is 1.62. The van der Waals surface area contributed by atoms with Crippen molar-refractivity contribution in [1.29, 1.82) is 0 Å². The van der Waals surface area contributed by atoms with E-state index in [2.05, 4.69) is 31.4 Å². The predicted molar refractivity (Wildman–Crippen MR) is 65.1 cm³/mol. The van der Waals surface area contributed by atoms with Crippen molar-refractivity contribution in [3.63, 3.8) is 0 Å². The first kappa shape index (κ1) is 11.0. The summed E-state index contributed by atoms with van der Waals surface area (Å²) in [6, 6.07) is 8.27. The molecule has 2 rings (SSSR count). The number of hydrogen-bond donors (Lipinski definition) is 1. The van der Waals surface area contributed by atoms with Crippen molar-refractivity contribution in [2.24, 2.45) is 0 Å². The van der Waals surface area contributed by atoms with Crippen molar-refractivity contribution in [1.82, 2.24) is 5.01 Å². The van der Waals surface area contributed by atoms with Crippen LogP contribution in [0.3, 0.4) is 0 Å². The van der Waals surface area contributed by atoms with Crippen molar-refractivity contribution in [3.05, 3.63) is 29.8 Å². The summed E-state index contributed by atoms with van der Waals surface area (Å²) in [7, 11) is 0. The second kappa shape index (κ2) is 4.56. The van der Waals surface area contributed by atoms with Crippen molar-refractivity contribution in [2.45, 2.75) is 32.6 Å². The second-order valence-electron chi connectivity index (χ2n) is 4.54. The maximum Gasteiger partial charge on any atom is 0.240 e. The van der Waals surface area contributed by atoms with Gasteiger partial charge < -0.3 is 0 Å². The number of carbonyl (C=O) groups is 1. The molecule has 1 heterocycles. The first-order valence-corrected chi connectivity index (χ1v) is 5.84. The van der Waals surface area contributed by atoms with Crippen LogP contribution in [0.5, 0.6) is 0 Å². The van der Waals surface area contributed by atoms with Crippen molar-refractivity contribution < 1.29 is 4.79 Å². The minimum absolute atomic E-state index is 0.188. The van der Waals surface area contributed by atoms with Gasteiger partial charge in [-0.3, -0.25) is 15.2 Å². The molecule has 1 fully saturated rings. The van der Waals surface area contributed by atoms with Gasteiger partial charge in [-0.25, -0.2) is 0 Å². The lowest BCUT2D eigenvalue weighted by molar-refractivity contribution is -0.126. The summed E-state index contributed by atoms with van der Waals surface area (Å²) in [5.41, 5.74) is 5.44. The molecule has 1 aromatic carbocycles. The number of anilines is 1. The lowest BCUT2D eigenvalue weighted by atomic mass is 10.0. The lowest BCUT2D eigenvalue weighted by Crippen LogP contribution is -2.30. The SMILES string of the molecule is CC(C)c1ccc(NN2CCCC2=O)cc1. The van der Waals surface area contributed by atoms with Gasteiger partial charge in [0.2, 0.25) is 5.91 Å². The van der Waals surface area contributed by atoms with Gasteiger partial charge >= 0.3 is 0 Å². The van der Waals surface area contributed by atoms with Gasteiger partial charge in [0.05, 0.1) is 5.69 Å². The van der Waals surface area contributed by atoms with Gasteiger partial charge in [0.15, 0.2) is 0 Å². The Kier molecular flexibility index (Phi) is 3.13. The molecule has 86 valence electrons. The molecule has 0 aromatic heterocycles. The van der Waals surface area contributed by atoms with Gasteiger partial charge in [-0.1, -0.05) is 26.0 Å². The Labute approximate surface area is 96.4 Å². The van der Waals surface area contributed by atoms with Crippen LogP contribution >= 0.6 is 0 Å². The molecule has 1 aliphatic heterocycles. The first-order valence-electron chi connectivity index (χ1n) is 5.84. The molecule has 0 aliphatic carbocycles. The van der Waals surface area contributed by atoms with Crippen LogP contribution in [0.2, 0.25) is 0 Å². The molecule has 0 radical (unpaired) electrons. The summed E-state index contributed by atoms with van der Waals surface area (Å²) < 4.78 is 0. The fourth-order valence-electron chi connectivity index (χ4n) is 1.86. The average Bonchev–Trinajstić information content (AvgIpc) is 2.65. The Morgan fingerprint density at radius 2 is 1.94 bits per heavy atom. The standard InChI is InChI=1S/C13H18N2O/c1-10(2)11-5-7-12(8-6-11)14-15-9-3-4-13(15)16/h5-8,10,14H,3-4,9H2,1-2H3. The molecule has 0 unspecified atom stereocenters. The zero-order valence-corrected chi connectivity index (χ0v) is 9.86. The van der Waals surface area contributed by atoms with E-state index in [-0.39, 0.29) is 5.91 Å². The third-order valence-corrected chi connectivity index (χ3v) is 2.91. The molecule has 0 bridgehead atoms. The van der Waals surface area contributed by atoms with Crippen LogP contribution in [0.25, 0.3) is 0 Å². The maximum absolute atomic E-state index is 11.4. The number of hydrazine groups is 1.